The van der Waals surface area contributed by atoms with E-state index >= 15 is 0 Å². The van der Waals surface area contributed by atoms with Gasteiger partial charge >= 0.3 is 0 Å². The van der Waals surface area contributed by atoms with Crippen LogP contribution >= 0.6 is 0 Å². The number of nitrogens with one attached hydrogen (secondary N) is 1. The lowest BCUT2D eigenvalue weighted by Gasteiger charge is -2.32. The average Bonchev–Trinajstić information content (AvgIpc) is 3.35. The summed E-state index contributed by atoms with van der Waals surface area (Å²) in [5.74, 6) is 0.0384. The van der Waals surface area contributed by atoms with Crippen molar-refractivity contribution in [1.29, 1.82) is 0 Å². The minimum atomic E-state index is -0.310. The number of hydrogen-bond donors (Lipinski definition) is 1. The fraction of sp³-hybridized carbons (Fsp3) is 0.375. The van der Waals surface area contributed by atoms with Crippen molar-refractivity contribution in [2.75, 3.05) is 31.6 Å². The molecule has 1 heterocycles. The first-order valence-corrected chi connectivity index (χ1v) is 13.7. The van der Waals surface area contributed by atoms with Crippen LogP contribution in [0.2, 0.25) is 0 Å². The lowest BCUT2D eigenvalue weighted by Crippen LogP contribution is -2.48. The van der Waals surface area contributed by atoms with Gasteiger partial charge in [0, 0.05) is 32.4 Å². The third kappa shape index (κ3) is 7.45. The number of likely N-dealkylation sites (N-methyl/N-ethyl adjacent to an activating group) is 1. The van der Waals surface area contributed by atoms with Gasteiger partial charge in [0.15, 0.2) is 0 Å². The second kappa shape index (κ2) is 12.9. The zero-order valence-electron chi connectivity index (χ0n) is 23.4. The molecule has 0 saturated carbocycles. The maximum Gasteiger partial charge on any atom is 0.256 e. The average molecular weight is 531 g/mol. The summed E-state index contributed by atoms with van der Waals surface area (Å²) in [6, 6.07) is 20.5. The van der Waals surface area contributed by atoms with Gasteiger partial charge in [-0.1, -0.05) is 62.4 Å². The molecule has 0 aromatic heterocycles. The molecule has 4 rings (SSSR count). The predicted octanol–water partition coefficient (Wildman–Crippen LogP) is 5.55. The van der Waals surface area contributed by atoms with Crippen molar-refractivity contribution in [2.45, 2.75) is 46.7 Å². The van der Waals surface area contributed by atoms with Crippen LogP contribution in [0.25, 0.3) is 11.1 Å². The quantitative estimate of drug-likeness (QED) is 0.331. The summed E-state index contributed by atoms with van der Waals surface area (Å²) in [5.41, 5.74) is 5.72. The highest BCUT2D eigenvalue weighted by Gasteiger charge is 2.27. The van der Waals surface area contributed by atoms with E-state index in [0.29, 0.717) is 25.6 Å². The standard InChI is InChI=1S/C32H39FN4O2/c1-23(2)9-8-16-34-31(38)21-36(22-32(39)35(4)37-19-27-10-5-6-11-28(27)20-37)30-18-26(15-14-24(30)3)25-12-7-13-29(33)17-25/h5-7,10-15,17-18,23H,8-9,16,19-22H2,1-4H3,(H,34,38). The van der Waals surface area contributed by atoms with E-state index in [-0.39, 0.29) is 30.7 Å². The lowest BCUT2D eigenvalue weighted by molar-refractivity contribution is -0.145. The van der Waals surface area contributed by atoms with Crippen molar-refractivity contribution >= 4 is 17.5 Å². The van der Waals surface area contributed by atoms with E-state index in [1.54, 1.807) is 18.1 Å². The van der Waals surface area contributed by atoms with E-state index in [2.05, 4.69) is 31.3 Å². The normalized spacial score (nSPS) is 12.9. The summed E-state index contributed by atoms with van der Waals surface area (Å²) >= 11 is 0. The van der Waals surface area contributed by atoms with Crippen molar-refractivity contribution in [3.63, 3.8) is 0 Å². The van der Waals surface area contributed by atoms with Gasteiger partial charge in [0.25, 0.3) is 5.91 Å². The summed E-state index contributed by atoms with van der Waals surface area (Å²) in [7, 11) is 1.79. The third-order valence-corrected chi connectivity index (χ3v) is 7.26. The number of amides is 2. The molecule has 0 radical (unpaired) electrons. The Morgan fingerprint density at radius 1 is 0.949 bits per heavy atom. The molecule has 0 saturated heterocycles. The van der Waals surface area contributed by atoms with Gasteiger partial charge in [-0.2, -0.15) is 0 Å². The summed E-state index contributed by atoms with van der Waals surface area (Å²) in [4.78, 5) is 28.4. The van der Waals surface area contributed by atoms with Gasteiger partial charge in [-0.25, -0.2) is 9.40 Å². The largest absolute Gasteiger partial charge is 0.355 e. The molecule has 0 spiro atoms. The van der Waals surface area contributed by atoms with E-state index in [4.69, 9.17) is 0 Å². The Labute approximate surface area is 231 Å². The number of carbonyl (C=O) groups excluding carboxylic acids is 2. The number of benzene rings is 3. The number of halogens is 1. The van der Waals surface area contributed by atoms with Crippen molar-refractivity contribution < 1.29 is 14.0 Å². The Balaban J connectivity index is 1.54. The number of carbonyl (C=O) groups is 2. The number of hydrogen-bond acceptors (Lipinski definition) is 4. The van der Waals surface area contributed by atoms with Crippen LogP contribution in [0, 0.1) is 18.7 Å². The number of anilines is 1. The summed E-state index contributed by atoms with van der Waals surface area (Å²) in [6.45, 7) is 8.32. The molecule has 39 heavy (non-hydrogen) atoms. The fourth-order valence-corrected chi connectivity index (χ4v) is 4.94. The van der Waals surface area contributed by atoms with Crippen molar-refractivity contribution in [2.24, 2.45) is 5.92 Å². The first-order chi connectivity index (χ1) is 18.7. The molecule has 0 unspecified atom stereocenters. The monoisotopic (exact) mass is 530 g/mol. The predicted molar refractivity (Wildman–Crippen MR) is 154 cm³/mol. The Hall–Kier alpha value is -3.71. The molecule has 1 aliphatic heterocycles. The Bertz CT molecular complexity index is 1280. The smallest absolute Gasteiger partial charge is 0.256 e. The topological polar surface area (TPSA) is 55.9 Å². The first kappa shape index (κ1) is 28.3. The Kier molecular flexibility index (Phi) is 9.36. The van der Waals surface area contributed by atoms with Crippen LogP contribution in [-0.4, -0.2) is 48.5 Å². The summed E-state index contributed by atoms with van der Waals surface area (Å²) < 4.78 is 13.9. The molecule has 0 aliphatic carbocycles. The molecule has 6 nitrogen and oxygen atoms in total. The highest BCUT2D eigenvalue weighted by Crippen LogP contribution is 2.29. The second-order valence-corrected chi connectivity index (χ2v) is 10.8. The van der Waals surface area contributed by atoms with Gasteiger partial charge in [-0.15, -0.1) is 0 Å². The highest BCUT2D eigenvalue weighted by atomic mass is 19.1. The van der Waals surface area contributed by atoms with Crippen LogP contribution in [0.4, 0.5) is 10.1 Å². The molecule has 0 atom stereocenters. The van der Waals surface area contributed by atoms with E-state index in [0.717, 1.165) is 35.2 Å². The third-order valence-electron chi connectivity index (χ3n) is 7.26. The number of rotatable bonds is 11. The first-order valence-electron chi connectivity index (χ1n) is 13.7. The van der Waals surface area contributed by atoms with Crippen molar-refractivity contribution in [3.8, 4) is 11.1 Å². The second-order valence-electron chi connectivity index (χ2n) is 10.8. The van der Waals surface area contributed by atoms with Crippen LogP contribution in [0.15, 0.2) is 66.7 Å². The molecule has 206 valence electrons. The molecule has 3 aromatic carbocycles. The highest BCUT2D eigenvalue weighted by molar-refractivity contribution is 5.87. The van der Waals surface area contributed by atoms with Crippen LogP contribution in [0.3, 0.4) is 0 Å². The van der Waals surface area contributed by atoms with Crippen molar-refractivity contribution in [3.05, 3.63) is 89.2 Å². The van der Waals surface area contributed by atoms with Crippen LogP contribution in [0.5, 0.6) is 0 Å². The number of hydrazine groups is 1. The maximum atomic E-state index is 13.9. The number of fused-ring (bicyclic) bond motifs is 1. The van der Waals surface area contributed by atoms with Gasteiger partial charge in [0.05, 0.1) is 13.1 Å². The molecule has 2 amide bonds. The summed E-state index contributed by atoms with van der Waals surface area (Å²) in [6.07, 6.45) is 1.95. The minimum Gasteiger partial charge on any atom is -0.355 e. The van der Waals surface area contributed by atoms with Crippen LogP contribution in [0.1, 0.15) is 43.4 Å². The molecule has 1 aliphatic rings. The minimum absolute atomic E-state index is 0.0379. The molecule has 3 aromatic rings. The van der Waals surface area contributed by atoms with Gasteiger partial charge in [-0.05, 0) is 71.7 Å². The fourth-order valence-electron chi connectivity index (χ4n) is 4.94. The van der Waals surface area contributed by atoms with Gasteiger partial charge < -0.3 is 10.2 Å². The van der Waals surface area contributed by atoms with Crippen LogP contribution < -0.4 is 10.2 Å². The Morgan fingerprint density at radius 3 is 2.31 bits per heavy atom. The van der Waals surface area contributed by atoms with Gasteiger partial charge in [-0.3, -0.25) is 14.6 Å². The molecule has 7 heteroatoms. The van der Waals surface area contributed by atoms with Gasteiger partial charge in [0.1, 0.15) is 5.82 Å². The van der Waals surface area contributed by atoms with E-state index in [1.807, 2.05) is 53.2 Å². The Morgan fingerprint density at radius 2 is 1.64 bits per heavy atom. The van der Waals surface area contributed by atoms with Crippen molar-refractivity contribution in [1.82, 2.24) is 15.3 Å². The lowest BCUT2D eigenvalue weighted by atomic mass is 10.0. The van der Waals surface area contributed by atoms with Crippen LogP contribution in [-0.2, 0) is 22.7 Å². The number of aryl methyl sites for hydroxylation is 1. The molecule has 0 bridgehead atoms. The number of nitrogens with zero attached hydrogens (tertiary/aromatic N) is 3. The molecular weight excluding hydrogens is 491 g/mol. The summed E-state index contributed by atoms with van der Waals surface area (Å²) in [5, 5.41) is 6.70. The zero-order chi connectivity index (χ0) is 27.9. The molecular formula is C32H39FN4O2. The van der Waals surface area contributed by atoms with E-state index in [9.17, 15) is 14.0 Å². The van der Waals surface area contributed by atoms with E-state index in [1.165, 1.54) is 23.3 Å². The van der Waals surface area contributed by atoms with Gasteiger partial charge in [0.2, 0.25) is 5.91 Å². The molecule has 0 fully saturated rings. The van der Waals surface area contributed by atoms with E-state index < -0.39 is 0 Å². The SMILES string of the molecule is Cc1ccc(-c2cccc(F)c2)cc1N(CC(=O)NCCCC(C)C)CC(=O)N(C)N1Cc2ccccc2C1. The zero-order valence-corrected chi connectivity index (χ0v) is 23.4. The molecule has 1 N–H and O–H groups in total. The maximum absolute atomic E-state index is 13.9.